The maximum absolute atomic E-state index is 11.1. The van der Waals surface area contributed by atoms with Gasteiger partial charge in [0.05, 0.1) is 12.3 Å². The molecule has 0 aliphatic carbocycles. The van der Waals surface area contributed by atoms with Gasteiger partial charge in [-0.3, -0.25) is 4.21 Å². The Morgan fingerprint density at radius 3 is 2.83 bits per heavy atom. The minimum Gasteiger partial charge on any atom is -0.491 e. The fraction of sp³-hybridized carbons (Fsp3) is 0.538. The molecule has 5 heteroatoms. The molecule has 1 rings (SSSR count). The molecule has 102 valence electrons. The van der Waals surface area contributed by atoms with E-state index in [0.717, 1.165) is 12.1 Å². The molecule has 4 nitrogen and oxygen atoms in total. The van der Waals surface area contributed by atoms with Crippen molar-refractivity contribution in [3.63, 3.8) is 0 Å². The molecule has 0 saturated carbocycles. The van der Waals surface area contributed by atoms with E-state index < -0.39 is 10.8 Å². The van der Waals surface area contributed by atoms with E-state index in [4.69, 9.17) is 10.5 Å². The van der Waals surface area contributed by atoms with Gasteiger partial charge in [-0.05, 0) is 25.5 Å². The fourth-order valence-electron chi connectivity index (χ4n) is 1.64. The molecule has 3 N–H and O–H groups in total. The zero-order valence-electron chi connectivity index (χ0n) is 11.2. The number of hydrogen-bond acceptors (Lipinski definition) is 4. The molecule has 0 amide bonds. The second-order valence-corrected chi connectivity index (χ2v) is 5.87. The second-order valence-electron chi connectivity index (χ2n) is 4.39. The summed E-state index contributed by atoms with van der Waals surface area (Å²) in [4.78, 5) is 0. The maximum atomic E-state index is 11.1. The summed E-state index contributed by atoms with van der Waals surface area (Å²) in [7, 11) is -0.802. The molecule has 0 aliphatic rings. The Kier molecular flexibility index (Phi) is 5.98. The standard InChI is InChI=1S/C13H22N2O2S/c1-4-7-17-13-8-11(5-6-12(13)14)15-10(2)9-18(3)16/h5-6,8,10,15H,4,7,9,14H2,1-3H3. The van der Waals surface area contributed by atoms with E-state index in [9.17, 15) is 4.21 Å². The van der Waals surface area contributed by atoms with Crippen molar-refractivity contribution in [1.29, 1.82) is 0 Å². The summed E-state index contributed by atoms with van der Waals surface area (Å²) in [6, 6.07) is 5.77. The van der Waals surface area contributed by atoms with Crippen LogP contribution >= 0.6 is 0 Å². The van der Waals surface area contributed by atoms with E-state index in [-0.39, 0.29) is 6.04 Å². The molecule has 1 aromatic rings. The fourth-order valence-corrected chi connectivity index (χ4v) is 2.43. The molecule has 0 aromatic heterocycles. The van der Waals surface area contributed by atoms with Crippen LogP contribution in [0.3, 0.4) is 0 Å². The Bertz CT molecular complexity index is 410. The molecule has 2 unspecified atom stereocenters. The Morgan fingerprint density at radius 2 is 2.22 bits per heavy atom. The Morgan fingerprint density at radius 1 is 1.50 bits per heavy atom. The van der Waals surface area contributed by atoms with Crippen molar-refractivity contribution in [2.24, 2.45) is 0 Å². The molecule has 1 aromatic carbocycles. The van der Waals surface area contributed by atoms with Crippen molar-refractivity contribution in [3.8, 4) is 5.75 Å². The van der Waals surface area contributed by atoms with Crippen LogP contribution in [0.15, 0.2) is 18.2 Å². The zero-order chi connectivity index (χ0) is 13.5. The first-order valence-electron chi connectivity index (χ1n) is 6.11. The molecule has 0 heterocycles. The first kappa shape index (κ1) is 14.8. The predicted molar refractivity (Wildman–Crippen MR) is 78.7 cm³/mol. The van der Waals surface area contributed by atoms with Crippen LogP contribution in [0, 0.1) is 0 Å². The second kappa shape index (κ2) is 7.26. The Hall–Kier alpha value is -1.23. The molecule has 0 aliphatic heterocycles. The SMILES string of the molecule is CCCOc1cc(NC(C)CS(C)=O)ccc1N. The minimum absolute atomic E-state index is 0.151. The van der Waals surface area contributed by atoms with Gasteiger partial charge in [0, 0.05) is 40.6 Å². The summed E-state index contributed by atoms with van der Waals surface area (Å²) in [5.41, 5.74) is 7.42. The number of rotatable bonds is 7. The summed E-state index contributed by atoms with van der Waals surface area (Å²) < 4.78 is 16.7. The minimum atomic E-state index is -0.802. The van der Waals surface area contributed by atoms with Gasteiger partial charge in [-0.15, -0.1) is 0 Å². The predicted octanol–water partition coefficient (Wildman–Crippen LogP) is 2.24. The molecular weight excluding hydrogens is 248 g/mol. The number of anilines is 2. The van der Waals surface area contributed by atoms with Crippen LogP contribution in [0.25, 0.3) is 0 Å². The van der Waals surface area contributed by atoms with Crippen LogP contribution in [0.5, 0.6) is 5.75 Å². The van der Waals surface area contributed by atoms with Gasteiger partial charge in [0.2, 0.25) is 0 Å². The van der Waals surface area contributed by atoms with Crippen molar-refractivity contribution in [3.05, 3.63) is 18.2 Å². The largest absolute Gasteiger partial charge is 0.491 e. The third-order valence-electron chi connectivity index (χ3n) is 2.37. The highest BCUT2D eigenvalue weighted by Gasteiger charge is 2.07. The topological polar surface area (TPSA) is 64.3 Å². The Balaban J connectivity index is 2.68. The van der Waals surface area contributed by atoms with Gasteiger partial charge < -0.3 is 15.8 Å². The lowest BCUT2D eigenvalue weighted by Gasteiger charge is -2.16. The number of nitrogens with one attached hydrogen (secondary N) is 1. The summed E-state index contributed by atoms with van der Waals surface area (Å²) in [6.45, 7) is 4.71. The summed E-state index contributed by atoms with van der Waals surface area (Å²) >= 11 is 0. The smallest absolute Gasteiger partial charge is 0.144 e. The van der Waals surface area contributed by atoms with Crippen LogP contribution in [-0.2, 0) is 10.8 Å². The van der Waals surface area contributed by atoms with Crippen LogP contribution in [0.4, 0.5) is 11.4 Å². The summed E-state index contributed by atoms with van der Waals surface area (Å²) in [5, 5.41) is 3.29. The third kappa shape index (κ3) is 4.96. The lowest BCUT2D eigenvalue weighted by atomic mass is 10.2. The molecule has 0 bridgehead atoms. The molecule has 0 spiro atoms. The van der Waals surface area contributed by atoms with Crippen molar-refractivity contribution < 1.29 is 8.95 Å². The van der Waals surface area contributed by atoms with E-state index in [2.05, 4.69) is 12.2 Å². The summed E-state index contributed by atoms with van der Waals surface area (Å²) in [5.74, 6) is 1.32. The first-order chi connectivity index (χ1) is 8.52. The number of hydrogen-bond donors (Lipinski definition) is 2. The first-order valence-corrected chi connectivity index (χ1v) is 7.84. The van der Waals surface area contributed by atoms with Crippen molar-refractivity contribution in [1.82, 2.24) is 0 Å². The molecule has 0 saturated heterocycles. The lowest BCUT2D eigenvalue weighted by molar-refractivity contribution is 0.319. The van der Waals surface area contributed by atoms with Gasteiger partial charge in [0.15, 0.2) is 0 Å². The summed E-state index contributed by atoms with van der Waals surface area (Å²) in [6.07, 6.45) is 2.65. The van der Waals surface area contributed by atoms with Crippen molar-refractivity contribution >= 4 is 22.2 Å². The molecule has 0 radical (unpaired) electrons. The highest BCUT2D eigenvalue weighted by Crippen LogP contribution is 2.26. The van der Waals surface area contributed by atoms with Crippen LogP contribution in [0.1, 0.15) is 20.3 Å². The lowest BCUT2D eigenvalue weighted by Crippen LogP contribution is -2.22. The average Bonchev–Trinajstić information content (AvgIpc) is 2.28. The maximum Gasteiger partial charge on any atom is 0.144 e. The van der Waals surface area contributed by atoms with Gasteiger partial charge in [0.1, 0.15) is 5.75 Å². The van der Waals surface area contributed by atoms with Crippen LogP contribution in [0.2, 0.25) is 0 Å². The number of nitrogen functional groups attached to an aromatic ring is 1. The zero-order valence-corrected chi connectivity index (χ0v) is 12.0. The molecule has 2 atom stereocenters. The highest BCUT2D eigenvalue weighted by atomic mass is 32.2. The normalized spacial score (nSPS) is 13.9. The van der Waals surface area contributed by atoms with Crippen molar-refractivity contribution in [2.45, 2.75) is 26.3 Å². The molecule has 0 fully saturated rings. The number of nitrogens with two attached hydrogens (primary N) is 1. The highest BCUT2D eigenvalue weighted by molar-refractivity contribution is 7.84. The van der Waals surface area contributed by atoms with Gasteiger partial charge in [0.25, 0.3) is 0 Å². The van der Waals surface area contributed by atoms with Gasteiger partial charge in [-0.1, -0.05) is 6.92 Å². The van der Waals surface area contributed by atoms with Crippen molar-refractivity contribution in [2.75, 3.05) is 29.7 Å². The van der Waals surface area contributed by atoms with E-state index >= 15 is 0 Å². The van der Waals surface area contributed by atoms with E-state index in [1.165, 1.54) is 0 Å². The number of ether oxygens (including phenoxy) is 1. The van der Waals surface area contributed by atoms with E-state index in [1.54, 1.807) is 6.26 Å². The third-order valence-corrected chi connectivity index (χ3v) is 3.34. The van der Waals surface area contributed by atoms with Gasteiger partial charge in [-0.25, -0.2) is 0 Å². The van der Waals surface area contributed by atoms with E-state index in [0.29, 0.717) is 23.8 Å². The van der Waals surface area contributed by atoms with E-state index in [1.807, 2.05) is 25.1 Å². The number of benzene rings is 1. The quantitative estimate of drug-likeness (QED) is 0.746. The van der Waals surface area contributed by atoms with Gasteiger partial charge in [-0.2, -0.15) is 0 Å². The monoisotopic (exact) mass is 270 g/mol. The molecule has 18 heavy (non-hydrogen) atoms. The molecular formula is C13H22N2O2S. The van der Waals surface area contributed by atoms with Crippen LogP contribution in [-0.4, -0.2) is 28.9 Å². The van der Waals surface area contributed by atoms with Gasteiger partial charge >= 0.3 is 0 Å². The van der Waals surface area contributed by atoms with Crippen LogP contribution < -0.4 is 15.8 Å². The Labute approximate surface area is 111 Å². The average molecular weight is 270 g/mol.